The van der Waals surface area contributed by atoms with E-state index < -0.39 is 0 Å². The molecule has 0 unspecified atom stereocenters. The van der Waals surface area contributed by atoms with Crippen molar-refractivity contribution in [2.45, 2.75) is 25.9 Å². The summed E-state index contributed by atoms with van der Waals surface area (Å²) in [7, 11) is 0. The quantitative estimate of drug-likeness (QED) is 0.787. The lowest BCUT2D eigenvalue weighted by Gasteiger charge is -2.25. The molecule has 3 rings (SSSR count). The fraction of sp³-hybridized carbons (Fsp3) is 0.286. The van der Waals surface area contributed by atoms with Crippen LogP contribution in [0.4, 0.5) is 0 Å². The Morgan fingerprint density at radius 3 is 3.00 bits per heavy atom. The van der Waals surface area contributed by atoms with Gasteiger partial charge in [0.1, 0.15) is 5.76 Å². The number of fused-ring (bicyclic) bond motifs is 1. The van der Waals surface area contributed by atoms with Crippen LogP contribution in [0.25, 0.3) is 0 Å². The molecule has 0 spiro atoms. The van der Waals surface area contributed by atoms with Crippen LogP contribution in [-0.2, 0) is 13.0 Å². The first kappa shape index (κ1) is 9.67. The molecule has 2 heterocycles. The number of furan rings is 1. The molecule has 0 amide bonds. The summed E-state index contributed by atoms with van der Waals surface area (Å²) in [5.74, 6) is 1.03. The van der Waals surface area contributed by atoms with Gasteiger partial charge in [0.05, 0.1) is 12.3 Å². The molecule has 0 aliphatic carbocycles. The molecule has 0 saturated carbocycles. The third-order valence-corrected chi connectivity index (χ3v) is 3.21. The predicted molar refractivity (Wildman–Crippen MR) is 63.2 cm³/mol. The highest BCUT2D eigenvalue weighted by Crippen LogP contribution is 2.26. The summed E-state index contributed by atoms with van der Waals surface area (Å²) < 4.78 is 5.45. The van der Waals surface area contributed by atoms with Crippen molar-refractivity contribution in [3.8, 4) is 0 Å². The van der Waals surface area contributed by atoms with Crippen LogP contribution in [0.15, 0.2) is 41.0 Å². The average molecular weight is 213 g/mol. The summed E-state index contributed by atoms with van der Waals surface area (Å²) >= 11 is 0. The van der Waals surface area contributed by atoms with Gasteiger partial charge in [-0.3, -0.25) is 0 Å². The Morgan fingerprint density at radius 1 is 1.25 bits per heavy atom. The monoisotopic (exact) mass is 213 g/mol. The zero-order chi connectivity index (χ0) is 11.0. The summed E-state index contributed by atoms with van der Waals surface area (Å²) in [6.45, 7) is 3.07. The minimum absolute atomic E-state index is 0.324. The Labute approximate surface area is 95.3 Å². The lowest BCUT2D eigenvalue weighted by molar-refractivity contribution is 0.395. The van der Waals surface area contributed by atoms with Crippen LogP contribution in [-0.4, -0.2) is 0 Å². The third-order valence-electron chi connectivity index (χ3n) is 3.21. The number of benzene rings is 1. The van der Waals surface area contributed by atoms with E-state index in [4.69, 9.17) is 4.42 Å². The molecule has 1 atom stereocenters. The Kier molecular flexibility index (Phi) is 2.29. The van der Waals surface area contributed by atoms with E-state index in [1.54, 1.807) is 6.26 Å². The molecule has 1 aliphatic rings. The maximum atomic E-state index is 5.45. The van der Waals surface area contributed by atoms with E-state index in [0.717, 1.165) is 18.7 Å². The summed E-state index contributed by atoms with van der Waals surface area (Å²) in [6.07, 6.45) is 2.75. The van der Waals surface area contributed by atoms with Gasteiger partial charge in [0.25, 0.3) is 0 Å². The normalized spacial score (nSPS) is 19.4. The van der Waals surface area contributed by atoms with Crippen LogP contribution in [0.1, 0.15) is 28.5 Å². The Balaban J connectivity index is 1.89. The van der Waals surface area contributed by atoms with E-state index in [0.29, 0.717) is 6.04 Å². The van der Waals surface area contributed by atoms with Crippen LogP contribution in [0, 0.1) is 6.92 Å². The third kappa shape index (κ3) is 1.65. The zero-order valence-corrected chi connectivity index (χ0v) is 9.36. The molecule has 0 bridgehead atoms. The molecule has 0 radical (unpaired) electrons. The average Bonchev–Trinajstić information content (AvgIpc) is 2.82. The second-order valence-electron chi connectivity index (χ2n) is 4.43. The van der Waals surface area contributed by atoms with Crippen LogP contribution < -0.4 is 5.32 Å². The molecule has 2 nitrogen and oxygen atoms in total. The van der Waals surface area contributed by atoms with Gasteiger partial charge in [-0.15, -0.1) is 0 Å². The lowest BCUT2D eigenvalue weighted by atomic mass is 9.93. The topological polar surface area (TPSA) is 25.2 Å². The standard InChI is InChI=1S/C14H15NO/c1-10-4-5-11-8-13(14-3-2-6-16-14)15-9-12(11)7-10/h2-7,13,15H,8-9H2,1H3/t13-/m1/s1. The van der Waals surface area contributed by atoms with Gasteiger partial charge in [0, 0.05) is 6.54 Å². The van der Waals surface area contributed by atoms with Gasteiger partial charge in [-0.25, -0.2) is 0 Å². The summed E-state index contributed by atoms with van der Waals surface area (Å²) in [6, 6.07) is 11.0. The Morgan fingerprint density at radius 2 is 2.19 bits per heavy atom. The van der Waals surface area contributed by atoms with Gasteiger partial charge in [0.15, 0.2) is 0 Å². The maximum absolute atomic E-state index is 5.45. The van der Waals surface area contributed by atoms with Crippen molar-refractivity contribution in [1.29, 1.82) is 0 Å². The smallest absolute Gasteiger partial charge is 0.121 e. The summed E-state index contributed by atoms with van der Waals surface area (Å²) in [5.41, 5.74) is 4.19. The van der Waals surface area contributed by atoms with Gasteiger partial charge in [-0.1, -0.05) is 23.8 Å². The molecule has 2 aromatic rings. The van der Waals surface area contributed by atoms with Crippen LogP contribution in [0.2, 0.25) is 0 Å². The molecule has 1 N–H and O–H groups in total. The van der Waals surface area contributed by atoms with Gasteiger partial charge in [0.2, 0.25) is 0 Å². The molecular formula is C14H15NO. The number of aryl methyl sites for hydroxylation is 1. The molecule has 0 fully saturated rings. The zero-order valence-electron chi connectivity index (χ0n) is 9.36. The van der Waals surface area contributed by atoms with E-state index in [-0.39, 0.29) is 0 Å². The molecule has 16 heavy (non-hydrogen) atoms. The van der Waals surface area contributed by atoms with Crippen molar-refractivity contribution in [3.05, 3.63) is 59.0 Å². The highest BCUT2D eigenvalue weighted by molar-refractivity contribution is 5.34. The van der Waals surface area contributed by atoms with Gasteiger partial charge in [-0.05, 0) is 36.6 Å². The second-order valence-corrected chi connectivity index (χ2v) is 4.43. The van der Waals surface area contributed by atoms with E-state index >= 15 is 0 Å². The highest BCUT2D eigenvalue weighted by Gasteiger charge is 2.20. The van der Waals surface area contributed by atoms with Crippen LogP contribution in [0.5, 0.6) is 0 Å². The van der Waals surface area contributed by atoms with Gasteiger partial charge in [-0.2, -0.15) is 0 Å². The number of rotatable bonds is 1. The fourth-order valence-corrected chi connectivity index (χ4v) is 2.33. The van der Waals surface area contributed by atoms with Crippen molar-refractivity contribution >= 4 is 0 Å². The molecule has 1 aliphatic heterocycles. The first-order valence-electron chi connectivity index (χ1n) is 5.68. The van der Waals surface area contributed by atoms with Crippen molar-refractivity contribution < 1.29 is 4.42 Å². The van der Waals surface area contributed by atoms with Crippen molar-refractivity contribution in [1.82, 2.24) is 5.32 Å². The van der Waals surface area contributed by atoms with E-state index in [9.17, 15) is 0 Å². The van der Waals surface area contributed by atoms with Gasteiger partial charge < -0.3 is 9.73 Å². The minimum Gasteiger partial charge on any atom is -0.468 e. The summed E-state index contributed by atoms with van der Waals surface area (Å²) in [5, 5.41) is 3.51. The molecular weight excluding hydrogens is 198 g/mol. The first-order valence-corrected chi connectivity index (χ1v) is 5.68. The first-order chi connectivity index (χ1) is 7.83. The molecule has 82 valence electrons. The highest BCUT2D eigenvalue weighted by atomic mass is 16.3. The van der Waals surface area contributed by atoms with Crippen LogP contribution in [0.3, 0.4) is 0 Å². The summed E-state index contributed by atoms with van der Waals surface area (Å²) in [4.78, 5) is 0. The van der Waals surface area contributed by atoms with Crippen LogP contribution >= 0.6 is 0 Å². The van der Waals surface area contributed by atoms with Gasteiger partial charge >= 0.3 is 0 Å². The van der Waals surface area contributed by atoms with E-state index in [1.165, 1.54) is 16.7 Å². The Hall–Kier alpha value is -1.54. The molecule has 2 heteroatoms. The fourth-order valence-electron chi connectivity index (χ4n) is 2.33. The van der Waals surface area contributed by atoms with E-state index in [1.807, 2.05) is 12.1 Å². The van der Waals surface area contributed by atoms with Crippen molar-refractivity contribution in [2.24, 2.45) is 0 Å². The van der Waals surface area contributed by atoms with Crippen molar-refractivity contribution in [2.75, 3.05) is 0 Å². The van der Waals surface area contributed by atoms with E-state index in [2.05, 4.69) is 30.4 Å². The SMILES string of the molecule is Cc1ccc2c(c1)CN[C@@H](c1ccco1)C2. The number of hydrogen-bond donors (Lipinski definition) is 1. The molecule has 1 aromatic carbocycles. The number of nitrogens with one attached hydrogen (secondary N) is 1. The number of hydrogen-bond acceptors (Lipinski definition) is 2. The van der Waals surface area contributed by atoms with Crippen molar-refractivity contribution in [3.63, 3.8) is 0 Å². The largest absolute Gasteiger partial charge is 0.468 e. The second kappa shape index (κ2) is 3.80. The predicted octanol–water partition coefficient (Wildman–Crippen LogP) is 2.98. The minimum atomic E-state index is 0.324. The Bertz CT molecular complexity index is 487. The molecule has 1 aromatic heterocycles. The molecule has 0 saturated heterocycles. The maximum Gasteiger partial charge on any atom is 0.121 e. The lowest BCUT2D eigenvalue weighted by Crippen LogP contribution is -2.28.